The van der Waals surface area contributed by atoms with Gasteiger partial charge in [-0.2, -0.15) is 13.2 Å². The molecule has 1 amide bonds. The molecule has 0 saturated heterocycles. The van der Waals surface area contributed by atoms with Gasteiger partial charge in [-0.05, 0) is 41.8 Å². The molecule has 0 atom stereocenters. The number of rotatable bonds is 3. The minimum Gasteiger partial charge on any atom is -0.352 e. The molecular weight excluding hydrogens is 388 g/mol. The second kappa shape index (κ2) is 7.23. The number of nitrogens with one attached hydrogen (secondary N) is 1. The van der Waals surface area contributed by atoms with Crippen molar-refractivity contribution in [2.45, 2.75) is 19.0 Å². The molecule has 0 fully saturated rings. The molecule has 0 unspecified atom stereocenters. The van der Waals surface area contributed by atoms with Crippen LogP contribution in [0.2, 0.25) is 0 Å². The second-order valence-corrected chi connectivity index (χ2v) is 6.57. The highest BCUT2D eigenvalue weighted by Crippen LogP contribution is 2.32. The molecule has 1 aliphatic rings. The Labute approximate surface area is 162 Å². The van der Waals surface area contributed by atoms with E-state index in [4.69, 9.17) is 0 Å². The minimum absolute atomic E-state index is 0.125. The average molecular weight is 402 g/mol. The van der Waals surface area contributed by atoms with Crippen LogP contribution in [0.5, 0.6) is 0 Å². The maximum absolute atomic E-state index is 13.8. The topological polar surface area (TPSA) is 67.8 Å². The molecule has 9 heteroatoms. The SMILES string of the molecule is O=C1NCCc2c1ccnc2-c1cc(Cc2ccc(C(F)(F)F)c(F)c2)ncn1. The summed E-state index contributed by atoms with van der Waals surface area (Å²) in [6.45, 7) is 0.493. The van der Waals surface area contributed by atoms with Crippen LogP contribution in [-0.2, 0) is 19.0 Å². The molecule has 2 aromatic heterocycles. The van der Waals surface area contributed by atoms with Crippen LogP contribution in [0.4, 0.5) is 17.6 Å². The fourth-order valence-electron chi connectivity index (χ4n) is 3.31. The highest BCUT2D eigenvalue weighted by molar-refractivity contribution is 5.98. The Morgan fingerprint density at radius 3 is 2.66 bits per heavy atom. The average Bonchev–Trinajstić information content (AvgIpc) is 2.67. The summed E-state index contributed by atoms with van der Waals surface area (Å²) < 4.78 is 52.0. The number of halogens is 4. The Kier molecular flexibility index (Phi) is 4.73. The molecule has 3 heterocycles. The van der Waals surface area contributed by atoms with E-state index >= 15 is 0 Å². The monoisotopic (exact) mass is 402 g/mol. The van der Waals surface area contributed by atoms with Crippen LogP contribution in [0, 0.1) is 5.82 Å². The number of fused-ring (bicyclic) bond motifs is 1. The number of pyridine rings is 1. The molecule has 5 nitrogen and oxygen atoms in total. The lowest BCUT2D eigenvalue weighted by molar-refractivity contribution is -0.140. The molecule has 29 heavy (non-hydrogen) atoms. The van der Waals surface area contributed by atoms with Gasteiger partial charge in [-0.1, -0.05) is 6.07 Å². The molecule has 0 aliphatic carbocycles. The summed E-state index contributed by atoms with van der Waals surface area (Å²) in [4.78, 5) is 24.7. The Balaban J connectivity index is 1.65. The molecule has 1 aliphatic heterocycles. The number of hydrogen-bond acceptors (Lipinski definition) is 4. The van der Waals surface area contributed by atoms with E-state index in [9.17, 15) is 22.4 Å². The summed E-state index contributed by atoms with van der Waals surface area (Å²) >= 11 is 0. The standard InChI is InChI=1S/C20H14F4N4O/c21-16-8-11(1-2-15(16)20(22,23)24)7-12-9-17(28-10-27-12)18-13-3-6-26-19(29)14(13)4-5-25-18/h1-2,4-5,8-10H,3,6-7H2,(H,26,29). The first-order valence-electron chi connectivity index (χ1n) is 8.76. The van der Waals surface area contributed by atoms with Crippen molar-refractivity contribution in [3.63, 3.8) is 0 Å². The van der Waals surface area contributed by atoms with E-state index in [1.165, 1.54) is 18.6 Å². The van der Waals surface area contributed by atoms with Gasteiger partial charge in [-0.3, -0.25) is 9.78 Å². The number of amides is 1. The molecule has 4 rings (SSSR count). The fraction of sp³-hybridized carbons (Fsp3) is 0.200. The van der Waals surface area contributed by atoms with E-state index in [0.717, 1.165) is 17.7 Å². The van der Waals surface area contributed by atoms with Gasteiger partial charge in [0.2, 0.25) is 0 Å². The van der Waals surface area contributed by atoms with Crippen LogP contribution in [0.1, 0.15) is 32.7 Å². The van der Waals surface area contributed by atoms with E-state index in [1.54, 1.807) is 12.1 Å². The second-order valence-electron chi connectivity index (χ2n) is 6.57. The van der Waals surface area contributed by atoms with Crippen molar-refractivity contribution in [3.8, 4) is 11.4 Å². The van der Waals surface area contributed by atoms with Gasteiger partial charge in [0.1, 0.15) is 12.1 Å². The normalized spacial score (nSPS) is 13.7. The van der Waals surface area contributed by atoms with Gasteiger partial charge in [-0.25, -0.2) is 14.4 Å². The Hall–Kier alpha value is -3.36. The Morgan fingerprint density at radius 2 is 1.90 bits per heavy atom. The first-order valence-corrected chi connectivity index (χ1v) is 8.76. The third-order valence-electron chi connectivity index (χ3n) is 4.65. The number of carbonyl (C=O) groups excluding carboxylic acids is 1. The van der Waals surface area contributed by atoms with Crippen molar-refractivity contribution in [2.24, 2.45) is 0 Å². The number of aromatic nitrogens is 3. The number of carbonyl (C=O) groups is 1. The number of benzene rings is 1. The largest absolute Gasteiger partial charge is 0.419 e. The minimum atomic E-state index is -4.74. The van der Waals surface area contributed by atoms with Gasteiger partial charge >= 0.3 is 6.18 Å². The van der Waals surface area contributed by atoms with Crippen LogP contribution in [0.15, 0.2) is 42.9 Å². The molecule has 0 saturated carbocycles. The fourth-order valence-corrected chi connectivity index (χ4v) is 3.31. The number of hydrogen-bond donors (Lipinski definition) is 1. The van der Waals surface area contributed by atoms with Crippen LogP contribution < -0.4 is 5.32 Å². The third-order valence-corrected chi connectivity index (χ3v) is 4.65. The van der Waals surface area contributed by atoms with Gasteiger partial charge in [0.05, 0.1) is 17.0 Å². The van der Waals surface area contributed by atoms with Gasteiger partial charge in [0.25, 0.3) is 5.91 Å². The third kappa shape index (κ3) is 3.80. The summed E-state index contributed by atoms with van der Waals surface area (Å²) in [6.07, 6.45) is -1.18. The Bertz CT molecular complexity index is 1100. The summed E-state index contributed by atoms with van der Waals surface area (Å²) in [5, 5.41) is 2.77. The van der Waals surface area contributed by atoms with E-state index in [1.807, 2.05) is 0 Å². The lowest BCUT2D eigenvalue weighted by Crippen LogP contribution is -2.32. The predicted molar refractivity (Wildman–Crippen MR) is 95.5 cm³/mol. The molecule has 1 aromatic carbocycles. The van der Waals surface area contributed by atoms with E-state index in [-0.39, 0.29) is 12.3 Å². The maximum Gasteiger partial charge on any atom is 0.419 e. The summed E-state index contributed by atoms with van der Waals surface area (Å²) in [5.41, 5.74) is 1.90. The first-order chi connectivity index (χ1) is 13.8. The highest BCUT2D eigenvalue weighted by Gasteiger charge is 2.33. The lowest BCUT2D eigenvalue weighted by Gasteiger charge is -2.18. The van der Waals surface area contributed by atoms with Gasteiger partial charge in [0.15, 0.2) is 0 Å². The molecule has 148 valence electrons. The quantitative estimate of drug-likeness (QED) is 0.680. The molecular formula is C20H14F4N4O. The number of nitrogens with zero attached hydrogens (tertiary/aromatic N) is 3. The van der Waals surface area contributed by atoms with Crippen molar-refractivity contribution in [2.75, 3.05) is 6.54 Å². The first kappa shape index (κ1) is 19.0. The van der Waals surface area contributed by atoms with Gasteiger partial charge in [-0.15, -0.1) is 0 Å². The summed E-state index contributed by atoms with van der Waals surface area (Å²) in [6, 6.07) is 6.09. The van der Waals surface area contributed by atoms with Crippen LogP contribution in [-0.4, -0.2) is 27.4 Å². The molecule has 0 bridgehead atoms. The van der Waals surface area contributed by atoms with Crippen molar-refractivity contribution >= 4 is 5.91 Å². The van der Waals surface area contributed by atoms with E-state index in [0.29, 0.717) is 41.2 Å². The molecule has 0 radical (unpaired) electrons. The van der Waals surface area contributed by atoms with Crippen LogP contribution in [0.25, 0.3) is 11.4 Å². The van der Waals surface area contributed by atoms with Crippen molar-refractivity contribution in [1.82, 2.24) is 20.3 Å². The van der Waals surface area contributed by atoms with Crippen molar-refractivity contribution in [3.05, 3.63) is 76.6 Å². The summed E-state index contributed by atoms with van der Waals surface area (Å²) in [7, 11) is 0. The highest BCUT2D eigenvalue weighted by atomic mass is 19.4. The van der Waals surface area contributed by atoms with Crippen molar-refractivity contribution < 1.29 is 22.4 Å². The predicted octanol–water partition coefficient (Wildman–Crippen LogP) is 3.57. The smallest absolute Gasteiger partial charge is 0.352 e. The summed E-state index contributed by atoms with van der Waals surface area (Å²) in [5.74, 6) is -1.50. The van der Waals surface area contributed by atoms with Crippen LogP contribution in [0.3, 0.4) is 0 Å². The lowest BCUT2D eigenvalue weighted by atomic mass is 9.97. The zero-order valence-electron chi connectivity index (χ0n) is 14.9. The van der Waals surface area contributed by atoms with Gasteiger partial charge < -0.3 is 5.32 Å². The Morgan fingerprint density at radius 1 is 1.07 bits per heavy atom. The molecule has 1 N–H and O–H groups in total. The molecule has 0 spiro atoms. The number of alkyl halides is 3. The van der Waals surface area contributed by atoms with Gasteiger partial charge in [0, 0.05) is 30.4 Å². The van der Waals surface area contributed by atoms with E-state index in [2.05, 4.69) is 20.3 Å². The van der Waals surface area contributed by atoms with Crippen molar-refractivity contribution in [1.29, 1.82) is 0 Å². The zero-order chi connectivity index (χ0) is 20.6. The zero-order valence-corrected chi connectivity index (χ0v) is 14.9. The molecule has 3 aromatic rings. The maximum atomic E-state index is 13.8. The van der Waals surface area contributed by atoms with E-state index < -0.39 is 17.6 Å². The van der Waals surface area contributed by atoms with Crippen LogP contribution >= 0.6 is 0 Å².